The number of halogens is 2. The summed E-state index contributed by atoms with van der Waals surface area (Å²) in [5.41, 5.74) is 1.70. The lowest BCUT2D eigenvalue weighted by atomic mass is 10.1. The van der Waals surface area contributed by atoms with Gasteiger partial charge in [0.15, 0.2) is 5.82 Å². The molecule has 0 N–H and O–H groups in total. The summed E-state index contributed by atoms with van der Waals surface area (Å²) in [5.74, 6) is -0.217. The zero-order valence-electron chi connectivity index (χ0n) is 12.2. The predicted octanol–water partition coefficient (Wildman–Crippen LogP) is 5.15. The van der Waals surface area contributed by atoms with Gasteiger partial charge in [0.2, 0.25) is 0 Å². The molecule has 3 aromatic rings. The van der Waals surface area contributed by atoms with Gasteiger partial charge in [-0.15, -0.1) is 10.2 Å². The maximum absolute atomic E-state index is 13.5. The lowest BCUT2D eigenvalue weighted by Gasteiger charge is -2.01. The van der Waals surface area contributed by atoms with Crippen LogP contribution in [0.4, 0.5) is 20.3 Å². The van der Waals surface area contributed by atoms with E-state index in [0.29, 0.717) is 22.8 Å². The molecule has 0 aliphatic heterocycles. The molecule has 0 atom stereocenters. The van der Waals surface area contributed by atoms with Crippen molar-refractivity contribution in [2.75, 3.05) is 0 Å². The Bertz CT molecular complexity index is 852. The Morgan fingerprint density at radius 3 is 2.59 bits per heavy atom. The highest BCUT2D eigenvalue weighted by molar-refractivity contribution is 5.53. The normalized spacial score (nSPS) is 11.9. The van der Waals surface area contributed by atoms with E-state index in [4.69, 9.17) is 0 Å². The van der Waals surface area contributed by atoms with Gasteiger partial charge in [-0.3, -0.25) is 4.40 Å². The minimum atomic E-state index is -0.387. The standard InChI is InChI=1S/C16H14F2N4/c1-10(2)15-16(21-20-13-5-3-4-11(17)8-13)22-9-12(18)6-7-14(22)19-15/h3-10H,1-2H3. The van der Waals surface area contributed by atoms with Gasteiger partial charge in [-0.1, -0.05) is 19.9 Å². The summed E-state index contributed by atoms with van der Waals surface area (Å²) >= 11 is 0. The molecule has 0 bridgehead atoms. The van der Waals surface area contributed by atoms with E-state index in [2.05, 4.69) is 15.2 Å². The Morgan fingerprint density at radius 1 is 1.05 bits per heavy atom. The van der Waals surface area contributed by atoms with E-state index in [-0.39, 0.29) is 17.6 Å². The second-order valence-electron chi connectivity index (χ2n) is 5.23. The highest BCUT2D eigenvalue weighted by Crippen LogP contribution is 2.29. The summed E-state index contributed by atoms with van der Waals surface area (Å²) in [6.45, 7) is 3.94. The van der Waals surface area contributed by atoms with Crippen LogP contribution in [-0.4, -0.2) is 9.38 Å². The Hall–Kier alpha value is -2.63. The van der Waals surface area contributed by atoms with Gasteiger partial charge in [0, 0.05) is 12.3 Å². The van der Waals surface area contributed by atoms with Crippen LogP contribution in [0.1, 0.15) is 25.5 Å². The van der Waals surface area contributed by atoms with Crippen molar-refractivity contribution in [1.82, 2.24) is 9.38 Å². The molecule has 0 unspecified atom stereocenters. The van der Waals surface area contributed by atoms with Crippen molar-refractivity contribution in [3.05, 3.63) is 59.9 Å². The third-order valence-electron chi connectivity index (χ3n) is 3.20. The van der Waals surface area contributed by atoms with E-state index in [0.717, 1.165) is 0 Å². The summed E-state index contributed by atoms with van der Waals surface area (Å²) < 4.78 is 28.2. The predicted molar refractivity (Wildman–Crippen MR) is 79.8 cm³/mol. The van der Waals surface area contributed by atoms with Crippen LogP contribution < -0.4 is 0 Å². The highest BCUT2D eigenvalue weighted by Gasteiger charge is 2.15. The van der Waals surface area contributed by atoms with Gasteiger partial charge in [0.1, 0.15) is 17.3 Å². The largest absolute Gasteiger partial charge is 0.280 e. The Morgan fingerprint density at radius 2 is 1.86 bits per heavy atom. The van der Waals surface area contributed by atoms with Crippen LogP contribution in [0.3, 0.4) is 0 Å². The molecule has 2 heterocycles. The van der Waals surface area contributed by atoms with Crippen LogP contribution in [0.2, 0.25) is 0 Å². The molecule has 0 aliphatic rings. The molecule has 0 amide bonds. The molecule has 1 aromatic carbocycles. The molecule has 0 aliphatic carbocycles. The van der Waals surface area contributed by atoms with Crippen molar-refractivity contribution in [3.63, 3.8) is 0 Å². The van der Waals surface area contributed by atoms with Crippen LogP contribution >= 0.6 is 0 Å². The van der Waals surface area contributed by atoms with Gasteiger partial charge in [0.05, 0.1) is 11.4 Å². The van der Waals surface area contributed by atoms with E-state index in [1.807, 2.05) is 13.8 Å². The number of hydrogen-bond acceptors (Lipinski definition) is 3. The first-order chi connectivity index (χ1) is 10.5. The minimum absolute atomic E-state index is 0.101. The van der Waals surface area contributed by atoms with Gasteiger partial charge in [0.25, 0.3) is 0 Å². The topological polar surface area (TPSA) is 42.0 Å². The molecule has 3 rings (SSSR count). The van der Waals surface area contributed by atoms with Gasteiger partial charge in [-0.05, 0) is 30.2 Å². The highest BCUT2D eigenvalue weighted by atomic mass is 19.1. The Kier molecular flexibility index (Phi) is 3.66. The van der Waals surface area contributed by atoms with Crippen molar-refractivity contribution in [2.45, 2.75) is 19.8 Å². The summed E-state index contributed by atoms with van der Waals surface area (Å²) in [6.07, 6.45) is 1.31. The molecule has 2 aromatic heterocycles. The van der Waals surface area contributed by atoms with Gasteiger partial charge >= 0.3 is 0 Å². The summed E-state index contributed by atoms with van der Waals surface area (Å²) in [7, 11) is 0. The van der Waals surface area contributed by atoms with E-state index >= 15 is 0 Å². The first-order valence-electron chi connectivity index (χ1n) is 6.89. The number of hydrogen-bond donors (Lipinski definition) is 0. The fourth-order valence-electron chi connectivity index (χ4n) is 2.15. The molecule has 0 fully saturated rings. The molecule has 4 nitrogen and oxygen atoms in total. The fourth-order valence-corrected chi connectivity index (χ4v) is 2.15. The quantitative estimate of drug-likeness (QED) is 0.617. The lowest BCUT2D eigenvalue weighted by Crippen LogP contribution is -1.88. The number of fused-ring (bicyclic) bond motifs is 1. The molecular formula is C16H14F2N4. The van der Waals surface area contributed by atoms with Crippen molar-refractivity contribution < 1.29 is 8.78 Å². The van der Waals surface area contributed by atoms with Crippen molar-refractivity contribution >= 4 is 17.2 Å². The average molecular weight is 300 g/mol. The number of benzene rings is 1. The molecule has 0 spiro atoms. The smallest absolute Gasteiger partial charge is 0.183 e. The minimum Gasteiger partial charge on any atom is -0.280 e. The van der Waals surface area contributed by atoms with Crippen LogP contribution in [0.15, 0.2) is 52.8 Å². The van der Waals surface area contributed by atoms with Gasteiger partial charge in [-0.2, -0.15) is 0 Å². The third-order valence-corrected chi connectivity index (χ3v) is 3.20. The Labute approximate surface area is 126 Å². The van der Waals surface area contributed by atoms with Crippen molar-refractivity contribution in [1.29, 1.82) is 0 Å². The van der Waals surface area contributed by atoms with E-state index < -0.39 is 0 Å². The fraction of sp³-hybridized carbons (Fsp3) is 0.188. The van der Waals surface area contributed by atoms with E-state index in [1.165, 1.54) is 24.4 Å². The molecule has 22 heavy (non-hydrogen) atoms. The van der Waals surface area contributed by atoms with Crippen molar-refractivity contribution in [2.24, 2.45) is 10.2 Å². The zero-order valence-corrected chi connectivity index (χ0v) is 12.2. The number of azo groups is 1. The molecule has 0 saturated carbocycles. The average Bonchev–Trinajstić information content (AvgIpc) is 2.83. The maximum atomic E-state index is 13.5. The monoisotopic (exact) mass is 300 g/mol. The molecule has 112 valence electrons. The van der Waals surface area contributed by atoms with Crippen LogP contribution in [0, 0.1) is 11.6 Å². The van der Waals surface area contributed by atoms with Crippen LogP contribution in [0.5, 0.6) is 0 Å². The molecular weight excluding hydrogens is 286 g/mol. The summed E-state index contributed by atoms with van der Waals surface area (Å²) in [5, 5.41) is 8.19. The van der Waals surface area contributed by atoms with Gasteiger partial charge in [-0.25, -0.2) is 13.8 Å². The first kappa shape index (κ1) is 14.3. The number of aromatic nitrogens is 2. The number of pyridine rings is 1. The second-order valence-corrected chi connectivity index (χ2v) is 5.23. The SMILES string of the molecule is CC(C)c1nc2ccc(F)cn2c1N=Nc1cccc(F)c1. The van der Waals surface area contributed by atoms with E-state index in [1.54, 1.807) is 22.6 Å². The maximum Gasteiger partial charge on any atom is 0.183 e. The first-order valence-corrected chi connectivity index (χ1v) is 6.89. The number of rotatable bonds is 3. The number of nitrogens with zero attached hydrogens (tertiary/aromatic N) is 4. The van der Waals surface area contributed by atoms with E-state index in [9.17, 15) is 8.78 Å². The zero-order chi connectivity index (χ0) is 15.7. The summed E-state index contributed by atoms with van der Waals surface area (Å²) in [6, 6.07) is 8.75. The molecule has 0 saturated heterocycles. The Balaban J connectivity index is 2.12. The summed E-state index contributed by atoms with van der Waals surface area (Å²) in [4.78, 5) is 4.45. The lowest BCUT2D eigenvalue weighted by molar-refractivity contribution is 0.619. The number of imidazole rings is 1. The molecule has 0 radical (unpaired) electrons. The second kappa shape index (κ2) is 5.63. The molecule has 6 heteroatoms. The van der Waals surface area contributed by atoms with Crippen LogP contribution in [-0.2, 0) is 0 Å². The third kappa shape index (κ3) is 2.72. The van der Waals surface area contributed by atoms with Crippen LogP contribution in [0.25, 0.3) is 5.65 Å². The van der Waals surface area contributed by atoms with Gasteiger partial charge < -0.3 is 0 Å². The van der Waals surface area contributed by atoms with Crippen molar-refractivity contribution in [3.8, 4) is 0 Å².